The Labute approximate surface area is 164 Å². The van der Waals surface area contributed by atoms with Crippen molar-refractivity contribution in [2.75, 3.05) is 18.6 Å². The molecule has 0 radical (unpaired) electrons. The Morgan fingerprint density at radius 1 is 1.30 bits per heavy atom. The number of carbonyl (C=O) groups is 1. The number of sulfone groups is 1. The lowest BCUT2D eigenvalue weighted by atomic mass is 10.1. The summed E-state index contributed by atoms with van der Waals surface area (Å²) in [5.41, 5.74) is 3.27. The highest BCUT2D eigenvalue weighted by Gasteiger charge is 2.37. The summed E-state index contributed by atoms with van der Waals surface area (Å²) in [5.74, 6) is 0.317. The lowest BCUT2D eigenvalue weighted by Crippen LogP contribution is -2.38. The Morgan fingerprint density at radius 3 is 2.63 bits per heavy atom. The highest BCUT2D eigenvalue weighted by atomic mass is 35.5. The van der Waals surface area contributed by atoms with Crippen LogP contribution in [0.25, 0.3) is 5.69 Å². The zero-order valence-electron chi connectivity index (χ0n) is 15.4. The Bertz CT molecular complexity index is 1010. The fraction of sp³-hybridized carbons (Fsp3) is 0.474. The van der Waals surface area contributed by atoms with Crippen LogP contribution < -0.4 is 0 Å². The second-order valence-corrected chi connectivity index (χ2v) is 10.2. The Balaban J connectivity index is 1.68. The fourth-order valence-electron chi connectivity index (χ4n) is 3.63. The van der Waals surface area contributed by atoms with Crippen LogP contribution in [-0.2, 0) is 9.84 Å². The predicted molar refractivity (Wildman–Crippen MR) is 104 cm³/mol. The summed E-state index contributed by atoms with van der Waals surface area (Å²) in [6.45, 7) is 1.94. The van der Waals surface area contributed by atoms with E-state index in [4.69, 9.17) is 11.6 Å². The van der Waals surface area contributed by atoms with Crippen molar-refractivity contribution in [3.8, 4) is 5.69 Å². The molecule has 1 saturated heterocycles. The van der Waals surface area contributed by atoms with Gasteiger partial charge in [0.05, 0.1) is 34.6 Å². The molecule has 2 aliphatic rings. The minimum Gasteiger partial charge on any atom is -0.338 e. The Hall–Kier alpha value is -1.86. The van der Waals surface area contributed by atoms with Crippen molar-refractivity contribution < 1.29 is 13.2 Å². The molecule has 1 aromatic carbocycles. The maximum absolute atomic E-state index is 13.1. The average molecular weight is 408 g/mol. The van der Waals surface area contributed by atoms with Gasteiger partial charge in [0.2, 0.25) is 0 Å². The third kappa shape index (κ3) is 3.50. The van der Waals surface area contributed by atoms with Gasteiger partial charge in [-0.25, -0.2) is 13.1 Å². The number of rotatable bonds is 4. The molecule has 1 unspecified atom stereocenters. The van der Waals surface area contributed by atoms with Crippen molar-refractivity contribution in [1.82, 2.24) is 14.7 Å². The lowest BCUT2D eigenvalue weighted by Gasteiger charge is -2.23. The molecule has 2 fully saturated rings. The molecule has 1 saturated carbocycles. The number of amides is 1. The first-order valence-electron chi connectivity index (χ1n) is 9.09. The molecule has 6 nitrogen and oxygen atoms in total. The summed E-state index contributed by atoms with van der Waals surface area (Å²) in [4.78, 5) is 14.7. The molecule has 1 atom stereocenters. The van der Waals surface area contributed by atoms with Gasteiger partial charge in [0.25, 0.3) is 5.91 Å². The molecule has 0 bridgehead atoms. The lowest BCUT2D eigenvalue weighted by molar-refractivity contribution is 0.0746. The van der Waals surface area contributed by atoms with Crippen LogP contribution in [0.5, 0.6) is 0 Å². The molecule has 2 aromatic rings. The van der Waals surface area contributed by atoms with Crippen LogP contribution in [0.4, 0.5) is 0 Å². The van der Waals surface area contributed by atoms with Gasteiger partial charge >= 0.3 is 0 Å². The van der Waals surface area contributed by atoms with Crippen LogP contribution in [0.1, 0.15) is 46.8 Å². The average Bonchev–Trinajstić information content (AvgIpc) is 3.26. The maximum atomic E-state index is 13.1. The fourth-order valence-corrected chi connectivity index (χ4v) is 5.58. The van der Waals surface area contributed by atoms with E-state index in [-0.39, 0.29) is 23.5 Å². The highest BCUT2D eigenvalue weighted by molar-refractivity contribution is 7.91. The number of carbonyl (C=O) groups excluding carboxylic acids is 1. The van der Waals surface area contributed by atoms with Gasteiger partial charge < -0.3 is 4.90 Å². The molecule has 1 aliphatic carbocycles. The van der Waals surface area contributed by atoms with Gasteiger partial charge in [0.15, 0.2) is 9.84 Å². The first-order chi connectivity index (χ1) is 12.8. The highest BCUT2D eigenvalue weighted by Crippen LogP contribution is 2.43. The quantitative estimate of drug-likeness (QED) is 0.781. The molecular formula is C19H22ClN3O3S. The number of aromatic nitrogens is 2. The molecule has 8 heteroatoms. The zero-order valence-corrected chi connectivity index (χ0v) is 16.9. The number of aryl methyl sites for hydroxylation is 1. The minimum atomic E-state index is -3.05. The van der Waals surface area contributed by atoms with Crippen molar-refractivity contribution >= 4 is 27.3 Å². The van der Waals surface area contributed by atoms with E-state index >= 15 is 0 Å². The van der Waals surface area contributed by atoms with E-state index in [0.717, 1.165) is 29.8 Å². The number of hydrogen-bond donors (Lipinski definition) is 0. The summed E-state index contributed by atoms with van der Waals surface area (Å²) >= 11 is 6.27. The molecule has 1 aromatic heterocycles. The van der Waals surface area contributed by atoms with Crippen LogP contribution in [0.3, 0.4) is 0 Å². The molecular weight excluding hydrogens is 386 g/mol. The summed E-state index contributed by atoms with van der Waals surface area (Å²) < 4.78 is 25.3. The smallest absolute Gasteiger partial charge is 0.257 e. The molecule has 0 spiro atoms. The van der Waals surface area contributed by atoms with Crippen LogP contribution in [0.2, 0.25) is 5.02 Å². The largest absolute Gasteiger partial charge is 0.338 e. The normalized spacial score (nSPS) is 21.4. The Kier molecular flexibility index (Phi) is 4.55. The predicted octanol–water partition coefficient (Wildman–Crippen LogP) is 2.97. The van der Waals surface area contributed by atoms with Gasteiger partial charge in [0.1, 0.15) is 0 Å². The van der Waals surface area contributed by atoms with E-state index in [2.05, 4.69) is 5.10 Å². The maximum Gasteiger partial charge on any atom is 0.257 e. The first-order valence-corrected chi connectivity index (χ1v) is 11.3. The molecule has 1 amide bonds. The molecule has 1 aliphatic heterocycles. The summed E-state index contributed by atoms with van der Waals surface area (Å²) in [6, 6.07) is 5.47. The third-order valence-corrected chi connectivity index (χ3v) is 7.63. The van der Waals surface area contributed by atoms with Crippen LogP contribution >= 0.6 is 11.6 Å². The van der Waals surface area contributed by atoms with Gasteiger partial charge in [-0.15, -0.1) is 0 Å². The van der Waals surface area contributed by atoms with E-state index < -0.39 is 9.84 Å². The second-order valence-electron chi connectivity index (χ2n) is 7.54. The SMILES string of the molecule is Cc1ccc(-n2ncc(C(=O)N(C)C3CCS(=O)(=O)C3)c2C2CC2)cc1Cl. The summed E-state index contributed by atoms with van der Waals surface area (Å²) in [7, 11) is -1.36. The topological polar surface area (TPSA) is 72.3 Å². The number of benzene rings is 1. The number of halogens is 1. The summed E-state index contributed by atoms with van der Waals surface area (Å²) in [6.07, 6.45) is 4.13. The molecule has 2 heterocycles. The van der Waals surface area contributed by atoms with Crippen molar-refractivity contribution in [2.45, 2.75) is 38.1 Å². The van der Waals surface area contributed by atoms with E-state index in [1.165, 1.54) is 0 Å². The minimum absolute atomic E-state index is 0.0374. The standard InChI is InChI=1S/C19H22ClN3O3S/c1-12-3-6-14(9-17(12)20)23-18(13-4-5-13)16(10-21-23)19(24)22(2)15-7-8-27(25,26)11-15/h3,6,9-10,13,15H,4-5,7-8,11H2,1-2H3. The third-order valence-electron chi connectivity index (χ3n) is 5.48. The van der Waals surface area contributed by atoms with Crippen LogP contribution in [-0.4, -0.2) is 53.6 Å². The van der Waals surface area contributed by atoms with Crippen molar-refractivity contribution in [2.24, 2.45) is 0 Å². The van der Waals surface area contributed by atoms with E-state index in [9.17, 15) is 13.2 Å². The van der Waals surface area contributed by atoms with Gasteiger partial charge in [-0.1, -0.05) is 17.7 Å². The molecule has 0 N–H and O–H groups in total. The van der Waals surface area contributed by atoms with Gasteiger partial charge in [-0.05, 0) is 43.9 Å². The van der Waals surface area contributed by atoms with Gasteiger partial charge in [-0.2, -0.15) is 5.10 Å². The van der Waals surface area contributed by atoms with Gasteiger partial charge in [0, 0.05) is 24.0 Å². The van der Waals surface area contributed by atoms with Crippen LogP contribution in [0.15, 0.2) is 24.4 Å². The van der Waals surface area contributed by atoms with E-state index in [0.29, 0.717) is 22.9 Å². The molecule has 144 valence electrons. The van der Waals surface area contributed by atoms with E-state index in [1.54, 1.807) is 22.8 Å². The zero-order chi connectivity index (χ0) is 19.3. The van der Waals surface area contributed by atoms with Crippen molar-refractivity contribution in [3.63, 3.8) is 0 Å². The number of hydrogen-bond acceptors (Lipinski definition) is 4. The van der Waals surface area contributed by atoms with Crippen molar-refractivity contribution in [1.29, 1.82) is 0 Å². The summed E-state index contributed by atoms with van der Waals surface area (Å²) in [5, 5.41) is 5.13. The van der Waals surface area contributed by atoms with Crippen molar-refractivity contribution in [3.05, 3.63) is 46.2 Å². The molecule has 4 rings (SSSR count). The second kappa shape index (κ2) is 6.63. The first kappa shape index (κ1) is 18.5. The molecule has 27 heavy (non-hydrogen) atoms. The Morgan fingerprint density at radius 2 is 2.04 bits per heavy atom. The number of nitrogens with zero attached hydrogens (tertiary/aromatic N) is 3. The van der Waals surface area contributed by atoms with Gasteiger partial charge in [-0.3, -0.25) is 4.79 Å². The monoisotopic (exact) mass is 407 g/mol. The van der Waals surface area contributed by atoms with Crippen LogP contribution in [0, 0.1) is 6.92 Å². The van der Waals surface area contributed by atoms with E-state index in [1.807, 2.05) is 25.1 Å².